The minimum absolute atomic E-state index is 0.398. The molecule has 1 heterocycles. The average Bonchev–Trinajstić information content (AvgIpc) is 2.66. The second-order valence-corrected chi connectivity index (χ2v) is 6.32. The first-order chi connectivity index (χ1) is 7.86. The highest BCUT2D eigenvalue weighted by molar-refractivity contribution is 5.24. The Hall–Kier alpha value is -0.830. The van der Waals surface area contributed by atoms with Gasteiger partial charge in [-0.25, -0.2) is 0 Å². The molecule has 0 spiro atoms. The van der Waals surface area contributed by atoms with E-state index in [0.29, 0.717) is 22.8 Å². The van der Waals surface area contributed by atoms with Crippen molar-refractivity contribution >= 4 is 0 Å². The van der Waals surface area contributed by atoms with E-state index in [9.17, 15) is 0 Å². The predicted molar refractivity (Wildman–Crippen MR) is 70.8 cm³/mol. The molecule has 1 aromatic heterocycles. The molecule has 1 saturated carbocycles. The van der Waals surface area contributed by atoms with Crippen LogP contribution in [0.4, 0.5) is 0 Å². The fourth-order valence-corrected chi connectivity index (χ4v) is 3.32. The lowest BCUT2D eigenvalue weighted by Gasteiger charge is -2.16. The van der Waals surface area contributed by atoms with Crippen LogP contribution in [-0.2, 0) is 6.54 Å². The van der Waals surface area contributed by atoms with E-state index in [1.165, 1.54) is 5.56 Å². The summed E-state index contributed by atoms with van der Waals surface area (Å²) < 4.78 is 2.00. The molecule has 17 heavy (non-hydrogen) atoms. The van der Waals surface area contributed by atoms with Gasteiger partial charge in [-0.15, -0.1) is 0 Å². The molecule has 0 saturated heterocycles. The molecule has 0 bridgehead atoms. The average molecular weight is 235 g/mol. The predicted octanol–water partition coefficient (Wildman–Crippen LogP) is 2.85. The van der Waals surface area contributed by atoms with Gasteiger partial charge >= 0.3 is 0 Å². The Labute approximate surface area is 105 Å². The van der Waals surface area contributed by atoms with Gasteiger partial charge in [0.2, 0.25) is 0 Å². The van der Waals surface area contributed by atoms with E-state index >= 15 is 0 Å². The number of nitrogens with one attached hydrogen (secondary N) is 1. The van der Waals surface area contributed by atoms with Crippen molar-refractivity contribution in [2.24, 2.45) is 16.7 Å². The van der Waals surface area contributed by atoms with Gasteiger partial charge < -0.3 is 5.32 Å². The molecular weight excluding hydrogens is 210 g/mol. The number of aromatic nitrogens is 2. The molecule has 1 aliphatic rings. The molecule has 0 amide bonds. The number of nitrogens with zero attached hydrogens (tertiary/aromatic N) is 2. The van der Waals surface area contributed by atoms with Crippen molar-refractivity contribution in [1.29, 1.82) is 0 Å². The Bertz CT molecular complexity index is 389. The zero-order valence-corrected chi connectivity index (χ0v) is 11.9. The molecule has 1 aliphatic carbocycles. The summed E-state index contributed by atoms with van der Waals surface area (Å²) in [4.78, 5) is 0. The Morgan fingerprint density at radius 3 is 2.29 bits per heavy atom. The van der Waals surface area contributed by atoms with Crippen molar-refractivity contribution < 1.29 is 0 Å². The van der Waals surface area contributed by atoms with Gasteiger partial charge in [-0.1, -0.05) is 27.7 Å². The zero-order valence-electron chi connectivity index (χ0n) is 11.9. The fourth-order valence-electron chi connectivity index (χ4n) is 3.32. The van der Waals surface area contributed by atoms with Crippen LogP contribution in [0.5, 0.6) is 0 Å². The number of hydrogen-bond donors (Lipinski definition) is 1. The first kappa shape index (κ1) is 12.6. The van der Waals surface area contributed by atoms with Crippen molar-refractivity contribution in [2.45, 2.75) is 47.2 Å². The summed E-state index contributed by atoms with van der Waals surface area (Å²) in [5, 5.41) is 7.86. The smallest absolute Gasteiger partial charge is 0.0537 e. The SMILES string of the molecule is CCn1cc(C(NC)C2C(C)(C)C2(C)C)cn1. The summed E-state index contributed by atoms with van der Waals surface area (Å²) in [5.74, 6) is 0.675. The van der Waals surface area contributed by atoms with Crippen LogP contribution in [0.15, 0.2) is 12.4 Å². The molecule has 1 N–H and O–H groups in total. The normalized spacial score (nSPS) is 23.6. The van der Waals surface area contributed by atoms with E-state index in [-0.39, 0.29) is 0 Å². The highest BCUT2D eigenvalue weighted by Gasteiger charge is 2.67. The monoisotopic (exact) mass is 235 g/mol. The van der Waals surface area contributed by atoms with Gasteiger partial charge in [0.15, 0.2) is 0 Å². The second-order valence-electron chi connectivity index (χ2n) is 6.32. The van der Waals surface area contributed by atoms with Crippen molar-refractivity contribution in [3.05, 3.63) is 18.0 Å². The summed E-state index contributed by atoms with van der Waals surface area (Å²) in [5.41, 5.74) is 2.11. The van der Waals surface area contributed by atoms with Crippen LogP contribution in [0.3, 0.4) is 0 Å². The van der Waals surface area contributed by atoms with Crippen LogP contribution in [0.2, 0.25) is 0 Å². The molecule has 0 aromatic carbocycles. The van der Waals surface area contributed by atoms with E-state index < -0.39 is 0 Å². The van der Waals surface area contributed by atoms with Gasteiger partial charge in [-0.3, -0.25) is 4.68 Å². The lowest BCUT2D eigenvalue weighted by Crippen LogP contribution is -2.21. The van der Waals surface area contributed by atoms with Crippen LogP contribution in [0.25, 0.3) is 0 Å². The van der Waals surface area contributed by atoms with Crippen LogP contribution in [-0.4, -0.2) is 16.8 Å². The second kappa shape index (κ2) is 3.84. The maximum absolute atomic E-state index is 4.39. The van der Waals surface area contributed by atoms with Crippen molar-refractivity contribution in [3.8, 4) is 0 Å². The Kier molecular flexibility index (Phi) is 2.85. The molecular formula is C14H25N3. The van der Waals surface area contributed by atoms with Crippen molar-refractivity contribution in [3.63, 3.8) is 0 Å². The van der Waals surface area contributed by atoms with Gasteiger partial charge in [-0.05, 0) is 30.7 Å². The van der Waals surface area contributed by atoms with Gasteiger partial charge in [0.25, 0.3) is 0 Å². The van der Waals surface area contributed by atoms with Crippen LogP contribution in [0, 0.1) is 16.7 Å². The molecule has 1 aromatic rings. The molecule has 2 rings (SSSR count). The number of rotatable bonds is 4. The highest BCUT2D eigenvalue weighted by atomic mass is 15.3. The Morgan fingerprint density at radius 1 is 1.35 bits per heavy atom. The maximum atomic E-state index is 4.39. The van der Waals surface area contributed by atoms with Gasteiger partial charge in [-0.2, -0.15) is 5.10 Å². The molecule has 96 valence electrons. The molecule has 1 atom stereocenters. The van der Waals surface area contributed by atoms with Crippen molar-refractivity contribution in [2.75, 3.05) is 7.05 Å². The number of aryl methyl sites for hydroxylation is 1. The summed E-state index contributed by atoms with van der Waals surface area (Å²) >= 11 is 0. The first-order valence-corrected chi connectivity index (χ1v) is 6.56. The molecule has 1 fully saturated rings. The molecule has 3 nitrogen and oxygen atoms in total. The molecule has 0 aliphatic heterocycles. The van der Waals surface area contributed by atoms with E-state index in [1.54, 1.807) is 0 Å². The van der Waals surface area contributed by atoms with E-state index in [0.717, 1.165) is 6.54 Å². The summed E-state index contributed by atoms with van der Waals surface area (Å²) in [6.07, 6.45) is 4.18. The zero-order chi connectivity index (χ0) is 12.8. The Morgan fingerprint density at radius 2 is 1.94 bits per heavy atom. The summed E-state index contributed by atoms with van der Waals surface area (Å²) in [6.45, 7) is 12.5. The third-order valence-electron chi connectivity index (χ3n) is 5.11. The van der Waals surface area contributed by atoms with Gasteiger partial charge in [0, 0.05) is 24.3 Å². The Balaban J connectivity index is 2.24. The van der Waals surface area contributed by atoms with Crippen LogP contribution in [0.1, 0.15) is 46.2 Å². The van der Waals surface area contributed by atoms with E-state index in [4.69, 9.17) is 0 Å². The van der Waals surface area contributed by atoms with Crippen LogP contribution < -0.4 is 5.32 Å². The lowest BCUT2D eigenvalue weighted by molar-refractivity contribution is 0.437. The van der Waals surface area contributed by atoms with E-state index in [2.05, 4.69) is 58.3 Å². The van der Waals surface area contributed by atoms with Crippen LogP contribution >= 0.6 is 0 Å². The largest absolute Gasteiger partial charge is 0.313 e. The molecule has 0 radical (unpaired) electrons. The fraction of sp³-hybridized carbons (Fsp3) is 0.786. The summed E-state index contributed by atoms with van der Waals surface area (Å²) in [7, 11) is 2.05. The molecule has 1 unspecified atom stereocenters. The summed E-state index contributed by atoms with van der Waals surface area (Å²) in [6, 6.07) is 0.417. The maximum Gasteiger partial charge on any atom is 0.0537 e. The topological polar surface area (TPSA) is 29.9 Å². The van der Waals surface area contributed by atoms with Crippen molar-refractivity contribution in [1.82, 2.24) is 15.1 Å². The number of hydrogen-bond acceptors (Lipinski definition) is 2. The van der Waals surface area contributed by atoms with Gasteiger partial charge in [0.1, 0.15) is 0 Å². The highest BCUT2D eigenvalue weighted by Crippen LogP contribution is 2.72. The lowest BCUT2D eigenvalue weighted by atomic mass is 9.99. The third kappa shape index (κ3) is 1.71. The first-order valence-electron chi connectivity index (χ1n) is 6.56. The van der Waals surface area contributed by atoms with E-state index in [1.807, 2.05) is 10.9 Å². The minimum Gasteiger partial charge on any atom is -0.313 e. The van der Waals surface area contributed by atoms with Gasteiger partial charge in [0.05, 0.1) is 6.20 Å². The molecule has 3 heteroatoms. The standard InChI is InChI=1S/C14H25N3/c1-7-17-9-10(8-16-17)11(15-6)12-13(2,3)14(12,4)5/h8-9,11-12,15H,7H2,1-6H3. The quantitative estimate of drug-likeness (QED) is 0.869. The third-order valence-corrected chi connectivity index (χ3v) is 5.11. The minimum atomic E-state index is 0.398.